The molecular weight excluding hydrogens is 384 g/mol. The topological polar surface area (TPSA) is 102 Å². The number of amides is 1. The van der Waals surface area contributed by atoms with Crippen LogP contribution in [0.5, 0.6) is 5.75 Å². The van der Waals surface area contributed by atoms with Gasteiger partial charge in [0.25, 0.3) is 5.91 Å². The zero-order valence-corrected chi connectivity index (χ0v) is 15.9. The molecule has 1 heterocycles. The quantitative estimate of drug-likeness (QED) is 0.703. The summed E-state index contributed by atoms with van der Waals surface area (Å²) in [7, 11) is -3.58. The molecule has 0 aliphatic carbocycles. The maximum absolute atomic E-state index is 12.6. The standard InChI is InChI=1S/C19H20N2O6S/c22-13-15-3-1-2-4-18(15)27-14-19(23)20-16-5-7-17(8-6-16)28(24,25)21-9-11-26-12-10-21/h1-8,13H,9-12,14H2,(H,20,23). The van der Waals surface area contributed by atoms with Crippen molar-refractivity contribution in [2.45, 2.75) is 4.90 Å². The molecule has 3 rings (SSSR count). The number of sulfonamides is 1. The van der Waals surface area contributed by atoms with Crippen LogP contribution in [0.4, 0.5) is 5.69 Å². The number of morpholine rings is 1. The fourth-order valence-electron chi connectivity index (χ4n) is 2.70. The molecule has 0 saturated carbocycles. The summed E-state index contributed by atoms with van der Waals surface area (Å²) in [5.74, 6) is -0.107. The number of benzene rings is 2. The van der Waals surface area contributed by atoms with E-state index in [1.54, 1.807) is 24.3 Å². The van der Waals surface area contributed by atoms with Crippen molar-refractivity contribution in [3.8, 4) is 5.75 Å². The second-order valence-electron chi connectivity index (χ2n) is 6.03. The zero-order valence-electron chi connectivity index (χ0n) is 15.0. The van der Waals surface area contributed by atoms with Gasteiger partial charge in [0.05, 0.1) is 23.7 Å². The first-order chi connectivity index (χ1) is 13.5. The summed E-state index contributed by atoms with van der Waals surface area (Å²) in [5.41, 5.74) is 0.797. The van der Waals surface area contributed by atoms with Gasteiger partial charge in [-0.25, -0.2) is 8.42 Å². The van der Waals surface area contributed by atoms with Crippen molar-refractivity contribution in [1.29, 1.82) is 0 Å². The highest BCUT2D eigenvalue weighted by molar-refractivity contribution is 7.89. The minimum absolute atomic E-state index is 0.156. The molecule has 9 heteroatoms. The first-order valence-corrected chi connectivity index (χ1v) is 10.1. The van der Waals surface area contributed by atoms with Gasteiger partial charge in [0.1, 0.15) is 5.75 Å². The van der Waals surface area contributed by atoms with Crippen molar-refractivity contribution in [2.75, 3.05) is 38.2 Å². The van der Waals surface area contributed by atoms with E-state index in [1.807, 2.05) is 0 Å². The Hall–Kier alpha value is -2.75. The maximum atomic E-state index is 12.6. The Labute approximate surface area is 163 Å². The highest BCUT2D eigenvalue weighted by atomic mass is 32.2. The van der Waals surface area contributed by atoms with Gasteiger partial charge >= 0.3 is 0 Å². The van der Waals surface area contributed by atoms with E-state index >= 15 is 0 Å². The summed E-state index contributed by atoms with van der Waals surface area (Å²) in [5, 5.41) is 2.63. The Morgan fingerprint density at radius 3 is 2.46 bits per heavy atom. The van der Waals surface area contributed by atoms with E-state index in [2.05, 4.69) is 5.32 Å². The molecule has 1 fully saturated rings. The summed E-state index contributed by atoms with van der Waals surface area (Å²) in [6.45, 7) is 1.11. The summed E-state index contributed by atoms with van der Waals surface area (Å²) in [6, 6.07) is 12.5. The van der Waals surface area contributed by atoms with Gasteiger partial charge in [0, 0.05) is 18.8 Å². The van der Waals surface area contributed by atoms with Crippen molar-refractivity contribution in [2.24, 2.45) is 0 Å². The lowest BCUT2D eigenvalue weighted by Crippen LogP contribution is -2.40. The second-order valence-corrected chi connectivity index (χ2v) is 7.97. The fraction of sp³-hybridized carbons (Fsp3) is 0.263. The van der Waals surface area contributed by atoms with Crippen LogP contribution in [0.25, 0.3) is 0 Å². The van der Waals surface area contributed by atoms with E-state index in [0.29, 0.717) is 49.6 Å². The minimum atomic E-state index is -3.58. The molecule has 2 aromatic rings. The van der Waals surface area contributed by atoms with Gasteiger partial charge in [0.15, 0.2) is 12.9 Å². The number of para-hydroxylation sites is 1. The van der Waals surface area contributed by atoms with Gasteiger partial charge in [0.2, 0.25) is 10.0 Å². The third-order valence-corrected chi connectivity index (χ3v) is 6.06. The van der Waals surface area contributed by atoms with Crippen LogP contribution in [-0.2, 0) is 19.6 Å². The highest BCUT2D eigenvalue weighted by Gasteiger charge is 2.26. The lowest BCUT2D eigenvalue weighted by atomic mass is 10.2. The lowest BCUT2D eigenvalue weighted by Gasteiger charge is -2.26. The van der Waals surface area contributed by atoms with Crippen molar-refractivity contribution in [3.05, 3.63) is 54.1 Å². The third-order valence-electron chi connectivity index (χ3n) is 4.15. The van der Waals surface area contributed by atoms with Crippen LogP contribution in [-0.4, -0.2) is 57.8 Å². The molecule has 28 heavy (non-hydrogen) atoms. The van der Waals surface area contributed by atoms with Gasteiger partial charge in [-0.15, -0.1) is 0 Å². The molecule has 1 saturated heterocycles. The van der Waals surface area contributed by atoms with E-state index in [1.165, 1.54) is 28.6 Å². The number of hydrogen-bond donors (Lipinski definition) is 1. The SMILES string of the molecule is O=Cc1ccccc1OCC(=O)Nc1ccc(S(=O)(=O)N2CCOCC2)cc1. The number of carbonyl (C=O) groups excluding carboxylic acids is 2. The number of anilines is 1. The smallest absolute Gasteiger partial charge is 0.262 e. The summed E-state index contributed by atoms with van der Waals surface area (Å²) >= 11 is 0. The van der Waals surface area contributed by atoms with E-state index in [4.69, 9.17) is 9.47 Å². The molecule has 148 valence electrons. The maximum Gasteiger partial charge on any atom is 0.262 e. The van der Waals surface area contributed by atoms with Crippen LogP contribution >= 0.6 is 0 Å². The number of nitrogens with zero attached hydrogens (tertiary/aromatic N) is 1. The number of carbonyl (C=O) groups is 2. The van der Waals surface area contributed by atoms with Crippen LogP contribution in [0.1, 0.15) is 10.4 Å². The van der Waals surface area contributed by atoms with Crippen LogP contribution in [0.2, 0.25) is 0 Å². The van der Waals surface area contributed by atoms with E-state index in [9.17, 15) is 18.0 Å². The van der Waals surface area contributed by atoms with Crippen molar-refractivity contribution in [1.82, 2.24) is 4.31 Å². The number of nitrogens with one attached hydrogen (secondary N) is 1. The molecule has 1 amide bonds. The van der Waals surface area contributed by atoms with E-state index < -0.39 is 15.9 Å². The Kier molecular flexibility index (Phi) is 6.40. The molecule has 8 nitrogen and oxygen atoms in total. The number of ether oxygens (including phenoxy) is 2. The van der Waals surface area contributed by atoms with E-state index in [-0.39, 0.29) is 11.5 Å². The Morgan fingerprint density at radius 1 is 1.11 bits per heavy atom. The molecule has 0 aromatic heterocycles. The Bertz CT molecular complexity index is 937. The first kappa shape index (κ1) is 20.0. The molecule has 0 radical (unpaired) electrons. The average Bonchev–Trinajstić information content (AvgIpc) is 2.73. The molecule has 1 N–H and O–H groups in total. The predicted octanol–water partition coefficient (Wildman–Crippen LogP) is 1.54. The Morgan fingerprint density at radius 2 is 1.79 bits per heavy atom. The van der Waals surface area contributed by atoms with Gasteiger partial charge in [-0.2, -0.15) is 4.31 Å². The van der Waals surface area contributed by atoms with Crippen LogP contribution in [0.3, 0.4) is 0 Å². The van der Waals surface area contributed by atoms with Gasteiger partial charge in [-0.05, 0) is 36.4 Å². The van der Waals surface area contributed by atoms with Crippen LogP contribution in [0.15, 0.2) is 53.4 Å². The molecule has 1 aliphatic rings. The number of rotatable bonds is 7. The minimum Gasteiger partial charge on any atom is -0.483 e. The zero-order chi connectivity index (χ0) is 20.0. The molecule has 0 unspecified atom stereocenters. The summed E-state index contributed by atoms with van der Waals surface area (Å²) < 4.78 is 37.1. The Balaban J connectivity index is 1.59. The van der Waals surface area contributed by atoms with Gasteiger partial charge < -0.3 is 14.8 Å². The lowest BCUT2D eigenvalue weighted by molar-refractivity contribution is -0.118. The monoisotopic (exact) mass is 404 g/mol. The third kappa shape index (κ3) is 4.75. The summed E-state index contributed by atoms with van der Waals surface area (Å²) in [4.78, 5) is 23.2. The van der Waals surface area contributed by atoms with Crippen LogP contribution in [0, 0.1) is 0 Å². The second kappa shape index (κ2) is 8.96. The van der Waals surface area contributed by atoms with Crippen molar-refractivity contribution < 1.29 is 27.5 Å². The van der Waals surface area contributed by atoms with Crippen molar-refractivity contribution in [3.63, 3.8) is 0 Å². The molecular formula is C19H20N2O6S. The van der Waals surface area contributed by atoms with Gasteiger partial charge in [-0.3, -0.25) is 9.59 Å². The molecule has 1 aliphatic heterocycles. The first-order valence-electron chi connectivity index (χ1n) is 8.65. The highest BCUT2D eigenvalue weighted by Crippen LogP contribution is 2.20. The normalized spacial score (nSPS) is 15.0. The summed E-state index contributed by atoms with van der Waals surface area (Å²) in [6.07, 6.45) is 0.654. The van der Waals surface area contributed by atoms with E-state index in [0.717, 1.165) is 0 Å². The number of aldehydes is 1. The van der Waals surface area contributed by atoms with Gasteiger partial charge in [-0.1, -0.05) is 12.1 Å². The molecule has 0 atom stereocenters. The molecule has 0 spiro atoms. The fourth-order valence-corrected chi connectivity index (χ4v) is 4.10. The average molecular weight is 404 g/mol. The van der Waals surface area contributed by atoms with Crippen molar-refractivity contribution >= 4 is 27.9 Å². The molecule has 0 bridgehead atoms. The number of hydrogen-bond acceptors (Lipinski definition) is 6. The predicted molar refractivity (Wildman–Crippen MR) is 102 cm³/mol. The largest absolute Gasteiger partial charge is 0.483 e. The molecule has 2 aromatic carbocycles. The van der Waals surface area contributed by atoms with Crippen LogP contribution < -0.4 is 10.1 Å².